The Morgan fingerprint density at radius 2 is 1.33 bits per heavy atom. The second kappa shape index (κ2) is 1.94. The van der Waals surface area contributed by atoms with Crippen LogP contribution in [0.4, 0.5) is 0 Å². The van der Waals surface area contributed by atoms with Gasteiger partial charge in [0, 0.05) is 10.8 Å². The van der Waals surface area contributed by atoms with Gasteiger partial charge in [0.05, 0.1) is 0 Å². The van der Waals surface area contributed by atoms with Crippen LogP contribution in [-0.2, 0) is 4.79 Å². The average Bonchev–Trinajstić information content (AvgIpc) is 2.77. The van der Waals surface area contributed by atoms with Gasteiger partial charge in [-0.2, -0.15) is 0 Å². The monoisotopic (exact) mass is 166 g/mol. The summed E-state index contributed by atoms with van der Waals surface area (Å²) in [5.74, 6) is 1.80. The maximum atomic E-state index is 12.0. The summed E-state index contributed by atoms with van der Waals surface area (Å²) in [5.41, 5.74) is 0.110. The first-order valence-electron chi connectivity index (χ1n) is 4.96. The number of carbonyl (C=O) groups excluding carboxylic acids is 1. The van der Waals surface area contributed by atoms with E-state index in [2.05, 4.69) is 27.7 Å². The minimum Gasteiger partial charge on any atom is -0.298 e. The van der Waals surface area contributed by atoms with E-state index in [4.69, 9.17) is 0 Å². The standard InChI is InChI=1S/C11H18O/c1-7-5-10(7,3)9(12)11(4)6-8(11)2/h7-8H,5-6H2,1-4H3/t7-,8-,10-,11+/m1/s1. The maximum Gasteiger partial charge on any atom is 0.145 e. The van der Waals surface area contributed by atoms with Crippen molar-refractivity contribution in [3.8, 4) is 0 Å². The van der Waals surface area contributed by atoms with Crippen molar-refractivity contribution in [2.75, 3.05) is 0 Å². The number of hydrogen-bond donors (Lipinski definition) is 0. The number of rotatable bonds is 2. The molecule has 1 heteroatoms. The minimum absolute atomic E-state index is 0.0551. The molecule has 68 valence electrons. The largest absolute Gasteiger partial charge is 0.298 e. The first kappa shape index (κ1) is 8.28. The first-order chi connectivity index (χ1) is 5.41. The van der Waals surface area contributed by atoms with Gasteiger partial charge in [0.2, 0.25) is 0 Å². The SMILES string of the molecule is C[C@@H]1C[C@@]1(C)C(=O)[C@@]1(C)C[C@H]1C. The highest BCUT2D eigenvalue weighted by Crippen LogP contribution is 2.63. The molecule has 0 aromatic rings. The van der Waals surface area contributed by atoms with Crippen LogP contribution in [0.5, 0.6) is 0 Å². The van der Waals surface area contributed by atoms with Gasteiger partial charge >= 0.3 is 0 Å². The smallest absolute Gasteiger partial charge is 0.145 e. The molecule has 2 saturated carbocycles. The second-order valence-electron chi connectivity index (χ2n) is 5.37. The lowest BCUT2D eigenvalue weighted by atomic mass is 9.87. The summed E-state index contributed by atoms with van der Waals surface area (Å²) in [4.78, 5) is 12.0. The Morgan fingerprint density at radius 3 is 1.50 bits per heavy atom. The van der Waals surface area contributed by atoms with Crippen molar-refractivity contribution in [2.24, 2.45) is 22.7 Å². The molecule has 0 radical (unpaired) electrons. The molecule has 12 heavy (non-hydrogen) atoms. The molecule has 0 saturated heterocycles. The fourth-order valence-electron chi connectivity index (χ4n) is 2.44. The van der Waals surface area contributed by atoms with Crippen molar-refractivity contribution in [1.82, 2.24) is 0 Å². The Kier molecular flexibility index (Phi) is 1.34. The minimum atomic E-state index is 0.0551. The molecule has 0 amide bonds. The zero-order valence-corrected chi connectivity index (χ0v) is 8.48. The van der Waals surface area contributed by atoms with Crippen LogP contribution in [0.2, 0.25) is 0 Å². The molecular formula is C11H18O. The van der Waals surface area contributed by atoms with Crippen molar-refractivity contribution in [2.45, 2.75) is 40.5 Å². The van der Waals surface area contributed by atoms with E-state index < -0.39 is 0 Å². The third-order valence-corrected chi connectivity index (χ3v) is 4.35. The van der Waals surface area contributed by atoms with Crippen LogP contribution in [0.3, 0.4) is 0 Å². The topological polar surface area (TPSA) is 17.1 Å². The second-order valence-corrected chi connectivity index (χ2v) is 5.37. The Labute approximate surface area is 74.5 Å². The molecule has 2 aliphatic carbocycles. The molecule has 1 nitrogen and oxygen atoms in total. The van der Waals surface area contributed by atoms with Gasteiger partial charge in [-0.3, -0.25) is 4.79 Å². The molecule has 2 aliphatic rings. The van der Waals surface area contributed by atoms with Crippen LogP contribution in [0.1, 0.15) is 40.5 Å². The third kappa shape index (κ3) is 0.826. The summed E-state index contributed by atoms with van der Waals surface area (Å²) in [6.07, 6.45) is 2.24. The van der Waals surface area contributed by atoms with Gasteiger partial charge in [0.15, 0.2) is 0 Å². The van der Waals surface area contributed by atoms with Crippen molar-refractivity contribution in [1.29, 1.82) is 0 Å². The lowest BCUT2D eigenvalue weighted by Gasteiger charge is -2.15. The fourth-order valence-corrected chi connectivity index (χ4v) is 2.44. The van der Waals surface area contributed by atoms with E-state index >= 15 is 0 Å². The van der Waals surface area contributed by atoms with Gasteiger partial charge in [-0.1, -0.05) is 27.7 Å². The summed E-state index contributed by atoms with van der Waals surface area (Å²) in [6.45, 7) is 8.65. The highest BCUT2D eigenvalue weighted by Gasteiger charge is 2.64. The van der Waals surface area contributed by atoms with Crippen LogP contribution in [0, 0.1) is 22.7 Å². The molecule has 0 aromatic heterocycles. The zero-order chi connectivity index (χ0) is 9.15. The van der Waals surface area contributed by atoms with Gasteiger partial charge < -0.3 is 0 Å². The lowest BCUT2D eigenvalue weighted by molar-refractivity contribution is -0.129. The summed E-state index contributed by atoms with van der Waals surface area (Å²) in [7, 11) is 0. The Hall–Kier alpha value is -0.330. The summed E-state index contributed by atoms with van der Waals surface area (Å²) < 4.78 is 0. The molecule has 0 unspecified atom stereocenters. The molecule has 2 rings (SSSR count). The third-order valence-electron chi connectivity index (χ3n) is 4.35. The van der Waals surface area contributed by atoms with Crippen LogP contribution < -0.4 is 0 Å². The van der Waals surface area contributed by atoms with Gasteiger partial charge in [0.1, 0.15) is 5.78 Å². The van der Waals surface area contributed by atoms with Crippen molar-refractivity contribution >= 4 is 5.78 Å². The Balaban J connectivity index is 2.12. The average molecular weight is 166 g/mol. The molecule has 0 spiro atoms. The van der Waals surface area contributed by atoms with E-state index in [1.54, 1.807) is 0 Å². The van der Waals surface area contributed by atoms with Crippen molar-refractivity contribution in [3.05, 3.63) is 0 Å². The Bertz CT molecular complexity index is 221. The lowest BCUT2D eigenvalue weighted by Crippen LogP contribution is -2.24. The van der Waals surface area contributed by atoms with Gasteiger partial charge in [0.25, 0.3) is 0 Å². The van der Waals surface area contributed by atoms with Gasteiger partial charge in [-0.15, -0.1) is 0 Å². The Morgan fingerprint density at radius 1 is 1.08 bits per heavy atom. The predicted molar refractivity (Wildman–Crippen MR) is 48.8 cm³/mol. The molecule has 0 aromatic carbocycles. The molecule has 0 N–H and O–H groups in total. The van der Waals surface area contributed by atoms with Gasteiger partial charge in [-0.25, -0.2) is 0 Å². The van der Waals surface area contributed by atoms with Crippen LogP contribution in [0.15, 0.2) is 0 Å². The molecule has 0 aliphatic heterocycles. The number of carbonyl (C=O) groups is 1. The maximum absolute atomic E-state index is 12.0. The van der Waals surface area contributed by atoms with Crippen LogP contribution >= 0.6 is 0 Å². The molecule has 2 fully saturated rings. The summed E-state index contributed by atoms with van der Waals surface area (Å²) in [5, 5.41) is 0. The molecule has 0 bridgehead atoms. The van der Waals surface area contributed by atoms with Crippen molar-refractivity contribution in [3.63, 3.8) is 0 Å². The fraction of sp³-hybridized carbons (Fsp3) is 0.909. The number of ketones is 1. The van der Waals surface area contributed by atoms with Crippen LogP contribution in [0.25, 0.3) is 0 Å². The normalized spacial score (nSPS) is 56.7. The van der Waals surface area contributed by atoms with E-state index in [1.165, 1.54) is 0 Å². The molecular weight excluding hydrogens is 148 g/mol. The predicted octanol–water partition coefficient (Wildman–Crippen LogP) is 2.65. The van der Waals surface area contributed by atoms with E-state index in [9.17, 15) is 4.79 Å². The molecule has 0 heterocycles. The van der Waals surface area contributed by atoms with E-state index in [1.807, 2.05) is 0 Å². The number of Topliss-reactive ketones (excluding diaryl/α,β-unsaturated/α-hetero) is 1. The molecule has 4 atom stereocenters. The van der Waals surface area contributed by atoms with Gasteiger partial charge in [-0.05, 0) is 24.7 Å². The number of hydrogen-bond acceptors (Lipinski definition) is 1. The van der Waals surface area contributed by atoms with E-state index in [0.29, 0.717) is 17.6 Å². The zero-order valence-electron chi connectivity index (χ0n) is 8.48. The van der Waals surface area contributed by atoms with E-state index in [0.717, 1.165) is 12.8 Å². The summed E-state index contributed by atoms with van der Waals surface area (Å²) >= 11 is 0. The quantitative estimate of drug-likeness (QED) is 0.616. The first-order valence-corrected chi connectivity index (χ1v) is 4.96. The summed E-state index contributed by atoms with van der Waals surface area (Å²) in [6, 6.07) is 0. The van der Waals surface area contributed by atoms with Crippen LogP contribution in [-0.4, -0.2) is 5.78 Å². The highest BCUT2D eigenvalue weighted by molar-refractivity contribution is 5.94. The van der Waals surface area contributed by atoms with Crippen molar-refractivity contribution < 1.29 is 4.79 Å². The highest BCUT2D eigenvalue weighted by atomic mass is 16.1. The van der Waals surface area contributed by atoms with E-state index in [-0.39, 0.29) is 10.8 Å².